The Bertz CT molecular complexity index is 987. The third-order valence-electron chi connectivity index (χ3n) is 5.26. The summed E-state index contributed by atoms with van der Waals surface area (Å²) in [6.07, 6.45) is 7.93. The monoisotopic (exact) mass is 449 g/mol. The number of hydrazine groups is 1. The van der Waals surface area contributed by atoms with Gasteiger partial charge < -0.3 is 14.6 Å². The number of rotatable bonds is 12. The molecule has 0 spiro atoms. The van der Waals surface area contributed by atoms with Crippen molar-refractivity contribution in [2.45, 2.75) is 39.2 Å². The van der Waals surface area contributed by atoms with Crippen molar-refractivity contribution in [1.82, 2.24) is 19.9 Å². The number of nitrogens with zero attached hydrogens (tertiary/aromatic N) is 4. The number of imidazole rings is 1. The molecular weight excluding hydrogens is 414 g/mol. The molecule has 0 fully saturated rings. The third kappa shape index (κ3) is 7.08. The summed E-state index contributed by atoms with van der Waals surface area (Å²) >= 11 is 0. The lowest BCUT2D eigenvalue weighted by atomic mass is 10.2. The van der Waals surface area contributed by atoms with Gasteiger partial charge in [0.2, 0.25) is 0 Å². The van der Waals surface area contributed by atoms with Crippen molar-refractivity contribution in [3.05, 3.63) is 67.1 Å². The van der Waals surface area contributed by atoms with Gasteiger partial charge in [0.25, 0.3) is 0 Å². The smallest absolute Gasteiger partial charge is 0.336 e. The van der Waals surface area contributed by atoms with Gasteiger partial charge in [-0.1, -0.05) is 62.2 Å². The van der Waals surface area contributed by atoms with E-state index in [0.29, 0.717) is 18.9 Å². The highest BCUT2D eigenvalue weighted by atomic mass is 16.5. The van der Waals surface area contributed by atoms with Crippen LogP contribution in [-0.2, 0) is 6.54 Å². The van der Waals surface area contributed by atoms with E-state index in [4.69, 9.17) is 4.74 Å². The molecule has 3 aromatic rings. The maximum Gasteiger partial charge on any atom is 0.336 e. The van der Waals surface area contributed by atoms with Crippen LogP contribution in [0, 0.1) is 0 Å². The normalized spacial score (nSPS) is 10.9. The molecule has 0 saturated heterocycles. The minimum absolute atomic E-state index is 0.154. The molecule has 7 heteroatoms. The maximum atomic E-state index is 12.8. The van der Waals surface area contributed by atoms with Crippen LogP contribution >= 0.6 is 0 Å². The molecule has 0 aliphatic carbocycles. The molecule has 0 bridgehead atoms. The summed E-state index contributed by atoms with van der Waals surface area (Å²) in [5, 5.41) is 6.39. The van der Waals surface area contributed by atoms with Gasteiger partial charge in [0.05, 0.1) is 18.6 Å². The van der Waals surface area contributed by atoms with Crippen LogP contribution < -0.4 is 15.1 Å². The predicted octanol–water partition coefficient (Wildman–Crippen LogP) is 5.20. The first-order chi connectivity index (χ1) is 16.1. The van der Waals surface area contributed by atoms with E-state index in [-0.39, 0.29) is 6.03 Å². The van der Waals surface area contributed by atoms with Crippen LogP contribution in [0.3, 0.4) is 0 Å². The van der Waals surface area contributed by atoms with Crippen LogP contribution in [0.25, 0.3) is 11.3 Å². The third-order valence-corrected chi connectivity index (χ3v) is 5.26. The molecule has 33 heavy (non-hydrogen) atoms. The number of benzene rings is 2. The Labute approximate surface area is 197 Å². The van der Waals surface area contributed by atoms with Crippen LogP contribution in [0.4, 0.5) is 10.5 Å². The second-order valence-electron chi connectivity index (χ2n) is 8.13. The van der Waals surface area contributed by atoms with Gasteiger partial charge in [-0.15, -0.1) is 0 Å². The van der Waals surface area contributed by atoms with Gasteiger partial charge in [-0.3, -0.25) is 0 Å². The van der Waals surface area contributed by atoms with E-state index in [2.05, 4.69) is 40.1 Å². The van der Waals surface area contributed by atoms with Crippen molar-refractivity contribution in [1.29, 1.82) is 0 Å². The summed E-state index contributed by atoms with van der Waals surface area (Å²) in [6, 6.07) is 17.6. The lowest BCUT2D eigenvalue weighted by Gasteiger charge is -2.30. The fourth-order valence-corrected chi connectivity index (χ4v) is 3.58. The SMILES string of the molecule is CCCCCNC(=O)N(c1ccccc1OCCCn1cnc(-c2ccccc2)c1)N(C)C. The Hall–Kier alpha value is -3.32. The molecule has 176 valence electrons. The second kappa shape index (κ2) is 12.6. The predicted molar refractivity (Wildman–Crippen MR) is 133 cm³/mol. The Kier molecular flexibility index (Phi) is 9.32. The van der Waals surface area contributed by atoms with Crippen molar-refractivity contribution >= 4 is 11.7 Å². The van der Waals surface area contributed by atoms with Crippen LogP contribution in [-0.4, -0.2) is 47.8 Å². The minimum Gasteiger partial charge on any atom is -0.491 e. The number of urea groups is 1. The van der Waals surface area contributed by atoms with Crippen LogP contribution in [0.2, 0.25) is 0 Å². The van der Waals surface area contributed by atoms with E-state index < -0.39 is 0 Å². The van der Waals surface area contributed by atoms with Crippen molar-refractivity contribution < 1.29 is 9.53 Å². The minimum atomic E-state index is -0.154. The number of hydrogen-bond donors (Lipinski definition) is 1. The summed E-state index contributed by atoms with van der Waals surface area (Å²) in [6.45, 7) is 4.15. The number of carbonyl (C=O) groups excluding carboxylic acids is 1. The molecule has 7 nitrogen and oxygen atoms in total. The molecule has 3 rings (SSSR count). The molecule has 0 saturated carbocycles. The zero-order chi connectivity index (χ0) is 23.5. The van der Waals surface area contributed by atoms with Gasteiger partial charge >= 0.3 is 6.03 Å². The number of ether oxygens (including phenoxy) is 1. The summed E-state index contributed by atoms with van der Waals surface area (Å²) in [5.41, 5.74) is 2.80. The first-order valence-corrected chi connectivity index (χ1v) is 11.6. The van der Waals surface area contributed by atoms with Crippen LogP contribution in [0.5, 0.6) is 5.75 Å². The Balaban J connectivity index is 1.56. The first-order valence-electron chi connectivity index (χ1n) is 11.6. The first kappa shape index (κ1) is 24.3. The number of carbonyl (C=O) groups is 1. The molecule has 0 aliphatic heterocycles. The van der Waals surface area contributed by atoms with Crippen molar-refractivity contribution in [3.63, 3.8) is 0 Å². The number of aromatic nitrogens is 2. The second-order valence-corrected chi connectivity index (χ2v) is 8.13. The number of aryl methyl sites for hydroxylation is 1. The highest BCUT2D eigenvalue weighted by Crippen LogP contribution is 2.29. The van der Waals surface area contributed by atoms with E-state index in [1.165, 1.54) is 0 Å². The van der Waals surface area contributed by atoms with Crippen molar-refractivity contribution in [2.24, 2.45) is 0 Å². The quantitative estimate of drug-likeness (QED) is 0.305. The van der Waals surface area contributed by atoms with Gasteiger partial charge in [-0.2, -0.15) is 0 Å². The van der Waals surface area contributed by atoms with Gasteiger partial charge in [0.1, 0.15) is 11.4 Å². The van der Waals surface area contributed by atoms with Crippen LogP contribution in [0.1, 0.15) is 32.6 Å². The maximum absolute atomic E-state index is 12.8. The average Bonchev–Trinajstić information content (AvgIpc) is 3.30. The zero-order valence-corrected chi connectivity index (χ0v) is 19.9. The average molecular weight is 450 g/mol. The molecular formula is C26H35N5O2. The Morgan fingerprint density at radius 3 is 2.55 bits per heavy atom. The highest BCUT2D eigenvalue weighted by Gasteiger charge is 2.21. The van der Waals surface area contributed by atoms with Gasteiger partial charge in [-0.05, 0) is 25.0 Å². The summed E-state index contributed by atoms with van der Waals surface area (Å²) in [7, 11) is 3.71. The van der Waals surface area contributed by atoms with Gasteiger partial charge in [0, 0.05) is 38.9 Å². The highest BCUT2D eigenvalue weighted by molar-refractivity contribution is 5.92. The number of unbranched alkanes of at least 4 members (excludes halogenated alkanes) is 2. The largest absolute Gasteiger partial charge is 0.491 e. The van der Waals surface area contributed by atoms with E-state index in [0.717, 1.165) is 49.2 Å². The lowest BCUT2D eigenvalue weighted by Crippen LogP contribution is -2.48. The number of anilines is 1. The van der Waals surface area contributed by atoms with E-state index in [9.17, 15) is 4.79 Å². The molecule has 2 amide bonds. The number of amides is 2. The van der Waals surface area contributed by atoms with E-state index >= 15 is 0 Å². The summed E-state index contributed by atoms with van der Waals surface area (Å²) in [5.74, 6) is 0.686. The molecule has 1 heterocycles. The number of nitrogens with one attached hydrogen (secondary N) is 1. The molecule has 0 unspecified atom stereocenters. The lowest BCUT2D eigenvalue weighted by molar-refractivity contribution is 0.229. The Morgan fingerprint density at radius 1 is 1.03 bits per heavy atom. The van der Waals surface area contributed by atoms with E-state index in [1.807, 2.05) is 62.9 Å². The Morgan fingerprint density at radius 2 is 1.79 bits per heavy atom. The molecule has 0 aliphatic rings. The fraction of sp³-hybridized carbons (Fsp3) is 0.385. The van der Waals surface area contributed by atoms with Crippen molar-refractivity contribution in [2.75, 3.05) is 32.3 Å². The van der Waals surface area contributed by atoms with Crippen molar-refractivity contribution in [3.8, 4) is 17.0 Å². The fourth-order valence-electron chi connectivity index (χ4n) is 3.58. The molecule has 1 N–H and O–H groups in total. The number of hydrogen-bond acceptors (Lipinski definition) is 4. The van der Waals surface area contributed by atoms with Crippen LogP contribution in [0.15, 0.2) is 67.1 Å². The molecule has 0 radical (unpaired) electrons. The van der Waals surface area contributed by atoms with Gasteiger partial charge in [0.15, 0.2) is 0 Å². The summed E-state index contributed by atoms with van der Waals surface area (Å²) in [4.78, 5) is 17.3. The molecule has 1 aromatic heterocycles. The summed E-state index contributed by atoms with van der Waals surface area (Å²) < 4.78 is 8.17. The topological polar surface area (TPSA) is 62.6 Å². The van der Waals surface area contributed by atoms with Gasteiger partial charge in [-0.25, -0.2) is 19.8 Å². The molecule has 2 aromatic carbocycles. The zero-order valence-electron chi connectivity index (χ0n) is 19.9. The standard InChI is InChI=1S/C26H35N5O2/c1-4-5-11-17-27-26(32)31(29(2)3)24-15-9-10-16-25(24)33-19-12-18-30-20-23(28-21-30)22-13-7-6-8-14-22/h6-10,13-16,20-21H,4-5,11-12,17-19H2,1-3H3,(H,27,32). The molecule has 0 atom stereocenters. The van der Waals surface area contributed by atoms with E-state index in [1.54, 1.807) is 10.0 Å². The number of para-hydroxylation sites is 2.